The number of aliphatic carboxylic acids is 1. The highest BCUT2D eigenvalue weighted by molar-refractivity contribution is 6.03. The van der Waals surface area contributed by atoms with E-state index in [1.54, 1.807) is 13.1 Å². The lowest BCUT2D eigenvalue weighted by molar-refractivity contribution is -0.147. The number of carboxylic acids is 1. The lowest BCUT2D eigenvalue weighted by Crippen LogP contribution is -2.57. The Labute approximate surface area is 156 Å². The summed E-state index contributed by atoms with van der Waals surface area (Å²) in [5.74, 6) is -2.32. The molecular weight excluding hydrogens is 344 g/mol. The van der Waals surface area contributed by atoms with Gasteiger partial charge < -0.3 is 15.3 Å². The SMILES string of the molecule is CN1C(=O)CC(C(=O)NC2(C(=O)O)Cc3ccccc3C2)c2ccccc21. The van der Waals surface area contributed by atoms with Gasteiger partial charge in [0.25, 0.3) is 0 Å². The zero-order chi connectivity index (χ0) is 19.2. The molecule has 0 fully saturated rings. The van der Waals surface area contributed by atoms with Crippen molar-refractivity contribution < 1.29 is 19.5 Å². The van der Waals surface area contributed by atoms with Crippen molar-refractivity contribution in [2.24, 2.45) is 0 Å². The van der Waals surface area contributed by atoms with Crippen LogP contribution in [0.15, 0.2) is 48.5 Å². The number of anilines is 1. The Bertz CT molecular complexity index is 928. The summed E-state index contributed by atoms with van der Waals surface area (Å²) in [4.78, 5) is 39.0. The number of carbonyl (C=O) groups excluding carboxylic acids is 2. The van der Waals surface area contributed by atoms with E-state index in [0.717, 1.165) is 16.7 Å². The van der Waals surface area contributed by atoms with Gasteiger partial charge in [0, 0.05) is 32.0 Å². The molecule has 2 aromatic rings. The molecule has 1 atom stereocenters. The van der Waals surface area contributed by atoms with Crippen molar-refractivity contribution in [3.63, 3.8) is 0 Å². The molecule has 0 bridgehead atoms. The lowest BCUT2D eigenvalue weighted by atomic mass is 9.87. The minimum absolute atomic E-state index is 0.0298. The standard InChI is InChI=1S/C21H20N2O4/c1-23-17-9-5-4-8-15(17)16(10-18(23)24)19(25)22-21(20(26)27)11-13-6-2-3-7-14(13)12-21/h2-9,16H,10-12H2,1H3,(H,22,25)(H,26,27). The number of carboxylic acid groups (broad SMARTS) is 1. The smallest absolute Gasteiger partial charge is 0.330 e. The van der Waals surface area contributed by atoms with Gasteiger partial charge in [0.15, 0.2) is 0 Å². The highest BCUT2D eigenvalue weighted by Gasteiger charge is 2.47. The fourth-order valence-electron chi connectivity index (χ4n) is 4.11. The number of fused-ring (bicyclic) bond motifs is 2. The summed E-state index contributed by atoms with van der Waals surface area (Å²) in [6.07, 6.45) is 0.515. The van der Waals surface area contributed by atoms with Crippen LogP contribution < -0.4 is 10.2 Å². The molecule has 2 aliphatic rings. The maximum absolute atomic E-state index is 13.1. The summed E-state index contributed by atoms with van der Waals surface area (Å²) in [5, 5.41) is 12.7. The lowest BCUT2D eigenvalue weighted by Gasteiger charge is -2.33. The van der Waals surface area contributed by atoms with Crippen LogP contribution in [0.5, 0.6) is 0 Å². The van der Waals surface area contributed by atoms with Gasteiger partial charge in [-0.1, -0.05) is 42.5 Å². The van der Waals surface area contributed by atoms with Crippen LogP contribution in [0.3, 0.4) is 0 Å². The first-order valence-electron chi connectivity index (χ1n) is 8.89. The first kappa shape index (κ1) is 17.3. The van der Waals surface area contributed by atoms with Gasteiger partial charge in [-0.15, -0.1) is 0 Å². The summed E-state index contributed by atoms with van der Waals surface area (Å²) >= 11 is 0. The summed E-state index contributed by atoms with van der Waals surface area (Å²) in [6.45, 7) is 0. The second-order valence-corrected chi connectivity index (χ2v) is 7.27. The number of hydrogen-bond acceptors (Lipinski definition) is 3. The molecule has 0 radical (unpaired) electrons. The molecule has 6 heteroatoms. The first-order valence-corrected chi connectivity index (χ1v) is 8.89. The van der Waals surface area contributed by atoms with E-state index in [1.807, 2.05) is 42.5 Å². The summed E-state index contributed by atoms with van der Waals surface area (Å²) in [6, 6.07) is 14.8. The molecule has 1 heterocycles. The van der Waals surface area contributed by atoms with Crippen LogP contribution >= 0.6 is 0 Å². The molecule has 0 saturated heterocycles. The molecule has 4 rings (SSSR count). The third kappa shape index (κ3) is 2.77. The molecule has 2 aromatic carbocycles. The Kier molecular flexibility index (Phi) is 3.98. The van der Waals surface area contributed by atoms with Crippen LogP contribution in [-0.2, 0) is 27.2 Å². The van der Waals surface area contributed by atoms with E-state index < -0.39 is 23.3 Å². The van der Waals surface area contributed by atoms with E-state index in [-0.39, 0.29) is 25.2 Å². The molecule has 6 nitrogen and oxygen atoms in total. The van der Waals surface area contributed by atoms with E-state index in [9.17, 15) is 19.5 Å². The third-order valence-electron chi connectivity index (χ3n) is 5.62. The number of carbonyl (C=O) groups is 3. The molecule has 0 saturated carbocycles. The third-order valence-corrected chi connectivity index (χ3v) is 5.62. The Morgan fingerprint density at radius 2 is 1.67 bits per heavy atom. The average molecular weight is 364 g/mol. The average Bonchev–Trinajstić information content (AvgIpc) is 3.04. The topological polar surface area (TPSA) is 86.7 Å². The minimum atomic E-state index is -1.37. The minimum Gasteiger partial charge on any atom is -0.479 e. The van der Waals surface area contributed by atoms with E-state index in [1.165, 1.54) is 4.90 Å². The van der Waals surface area contributed by atoms with Crippen molar-refractivity contribution in [3.05, 3.63) is 65.2 Å². The number of amides is 2. The van der Waals surface area contributed by atoms with Crippen LogP contribution in [0.2, 0.25) is 0 Å². The number of nitrogens with one attached hydrogen (secondary N) is 1. The quantitative estimate of drug-likeness (QED) is 0.871. The van der Waals surface area contributed by atoms with Crippen molar-refractivity contribution in [2.45, 2.75) is 30.7 Å². The van der Waals surface area contributed by atoms with E-state index in [2.05, 4.69) is 5.32 Å². The van der Waals surface area contributed by atoms with Gasteiger partial charge in [0.1, 0.15) is 5.54 Å². The van der Waals surface area contributed by atoms with Crippen LogP contribution in [0.25, 0.3) is 0 Å². The monoisotopic (exact) mass is 364 g/mol. The normalized spacial score (nSPS) is 20.0. The molecule has 2 N–H and O–H groups in total. The fourth-order valence-corrected chi connectivity index (χ4v) is 4.11. The molecule has 27 heavy (non-hydrogen) atoms. The first-order chi connectivity index (χ1) is 12.9. The fraction of sp³-hybridized carbons (Fsp3) is 0.286. The number of nitrogens with zero attached hydrogens (tertiary/aromatic N) is 1. The zero-order valence-electron chi connectivity index (χ0n) is 14.9. The highest BCUT2D eigenvalue weighted by atomic mass is 16.4. The molecule has 2 amide bonds. The molecular formula is C21H20N2O4. The van der Waals surface area contributed by atoms with Crippen LogP contribution in [0.4, 0.5) is 5.69 Å². The molecule has 0 aromatic heterocycles. The van der Waals surface area contributed by atoms with Crippen molar-refractivity contribution in [2.75, 3.05) is 11.9 Å². The van der Waals surface area contributed by atoms with Crippen LogP contribution in [0, 0.1) is 0 Å². The molecule has 1 aliphatic carbocycles. The van der Waals surface area contributed by atoms with Gasteiger partial charge in [-0.3, -0.25) is 9.59 Å². The van der Waals surface area contributed by atoms with Crippen molar-refractivity contribution in [1.29, 1.82) is 0 Å². The molecule has 1 unspecified atom stereocenters. The van der Waals surface area contributed by atoms with E-state index in [0.29, 0.717) is 5.69 Å². The molecule has 1 aliphatic heterocycles. The predicted octanol–water partition coefficient (Wildman–Crippen LogP) is 1.88. The van der Waals surface area contributed by atoms with Gasteiger partial charge in [-0.05, 0) is 22.8 Å². The number of hydrogen-bond donors (Lipinski definition) is 2. The summed E-state index contributed by atoms with van der Waals surface area (Å²) in [5.41, 5.74) is 1.92. The summed E-state index contributed by atoms with van der Waals surface area (Å²) < 4.78 is 0. The highest BCUT2D eigenvalue weighted by Crippen LogP contribution is 2.37. The Morgan fingerprint density at radius 1 is 1.07 bits per heavy atom. The van der Waals surface area contributed by atoms with E-state index >= 15 is 0 Å². The Morgan fingerprint density at radius 3 is 2.30 bits per heavy atom. The predicted molar refractivity (Wildman–Crippen MR) is 99.6 cm³/mol. The van der Waals surface area contributed by atoms with Crippen molar-refractivity contribution in [3.8, 4) is 0 Å². The van der Waals surface area contributed by atoms with Crippen molar-refractivity contribution >= 4 is 23.5 Å². The van der Waals surface area contributed by atoms with Gasteiger partial charge in [-0.2, -0.15) is 0 Å². The maximum atomic E-state index is 13.1. The molecule has 0 spiro atoms. The van der Waals surface area contributed by atoms with Gasteiger partial charge in [0.2, 0.25) is 11.8 Å². The van der Waals surface area contributed by atoms with Gasteiger partial charge in [-0.25, -0.2) is 4.79 Å². The van der Waals surface area contributed by atoms with Crippen LogP contribution in [-0.4, -0.2) is 35.5 Å². The van der Waals surface area contributed by atoms with Crippen molar-refractivity contribution in [1.82, 2.24) is 5.32 Å². The Hall–Kier alpha value is -3.15. The second kappa shape index (κ2) is 6.23. The number of benzene rings is 2. The van der Waals surface area contributed by atoms with Gasteiger partial charge >= 0.3 is 5.97 Å². The maximum Gasteiger partial charge on any atom is 0.330 e. The van der Waals surface area contributed by atoms with Gasteiger partial charge in [0.05, 0.1) is 5.92 Å². The number of rotatable bonds is 3. The Balaban J connectivity index is 1.65. The molecule has 138 valence electrons. The number of para-hydroxylation sites is 1. The second-order valence-electron chi connectivity index (χ2n) is 7.27. The van der Waals surface area contributed by atoms with E-state index in [4.69, 9.17) is 0 Å². The van der Waals surface area contributed by atoms with Crippen LogP contribution in [0.1, 0.15) is 29.0 Å². The summed E-state index contributed by atoms with van der Waals surface area (Å²) in [7, 11) is 1.68. The zero-order valence-corrected chi connectivity index (χ0v) is 14.9. The largest absolute Gasteiger partial charge is 0.479 e.